The van der Waals surface area contributed by atoms with Gasteiger partial charge in [0.15, 0.2) is 0 Å². The lowest BCUT2D eigenvalue weighted by Gasteiger charge is -2.12. The molecule has 0 saturated heterocycles. The maximum atomic E-state index is 9.78. The number of benzene rings is 2. The van der Waals surface area contributed by atoms with Crippen LogP contribution in [0.1, 0.15) is 22.7 Å². The summed E-state index contributed by atoms with van der Waals surface area (Å²) in [5, 5.41) is 13.9. The Morgan fingerprint density at radius 1 is 1.18 bits per heavy atom. The van der Waals surface area contributed by atoms with E-state index in [0.717, 1.165) is 21.7 Å². The Bertz CT molecular complexity index is 568. The summed E-state index contributed by atoms with van der Waals surface area (Å²) in [6, 6.07) is 13.6. The maximum Gasteiger partial charge on any atom is 0.120 e. The van der Waals surface area contributed by atoms with Crippen LogP contribution in [0.3, 0.4) is 0 Å². The molecule has 2 aromatic rings. The van der Waals surface area contributed by atoms with Gasteiger partial charge in [0.05, 0.1) is 6.04 Å². The largest absolute Gasteiger partial charge is 0.508 e. The SMILES string of the molecule is Oc1cccc2c1CNC2c1cccc(Cl)c1. The highest BCUT2D eigenvalue weighted by atomic mass is 35.5. The van der Waals surface area contributed by atoms with Gasteiger partial charge in [0.2, 0.25) is 0 Å². The minimum absolute atomic E-state index is 0.121. The number of rotatable bonds is 1. The van der Waals surface area contributed by atoms with Crippen molar-refractivity contribution in [2.75, 3.05) is 0 Å². The first-order chi connectivity index (χ1) is 8.25. The van der Waals surface area contributed by atoms with E-state index in [1.165, 1.54) is 0 Å². The van der Waals surface area contributed by atoms with E-state index in [1.54, 1.807) is 6.07 Å². The van der Waals surface area contributed by atoms with E-state index < -0.39 is 0 Å². The summed E-state index contributed by atoms with van der Waals surface area (Å²) < 4.78 is 0. The van der Waals surface area contributed by atoms with E-state index in [9.17, 15) is 5.11 Å². The van der Waals surface area contributed by atoms with Gasteiger partial charge in [0.1, 0.15) is 5.75 Å². The van der Waals surface area contributed by atoms with Crippen LogP contribution in [0.25, 0.3) is 0 Å². The average molecular weight is 246 g/mol. The zero-order chi connectivity index (χ0) is 11.8. The first-order valence-corrected chi connectivity index (χ1v) is 5.93. The van der Waals surface area contributed by atoms with Gasteiger partial charge < -0.3 is 10.4 Å². The molecule has 1 aliphatic rings. The van der Waals surface area contributed by atoms with Crippen LogP contribution in [-0.2, 0) is 6.54 Å². The minimum Gasteiger partial charge on any atom is -0.508 e. The topological polar surface area (TPSA) is 32.3 Å². The maximum absolute atomic E-state index is 9.78. The first kappa shape index (κ1) is 10.6. The summed E-state index contributed by atoms with van der Waals surface area (Å²) >= 11 is 6.00. The number of phenolic OH excluding ortho intramolecular Hbond substituents is 1. The van der Waals surface area contributed by atoms with Crippen molar-refractivity contribution in [3.05, 3.63) is 64.2 Å². The van der Waals surface area contributed by atoms with Crippen LogP contribution in [0, 0.1) is 0 Å². The fourth-order valence-corrected chi connectivity index (χ4v) is 2.55. The van der Waals surface area contributed by atoms with Gasteiger partial charge in [0.25, 0.3) is 0 Å². The molecule has 17 heavy (non-hydrogen) atoms. The molecule has 0 saturated carbocycles. The van der Waals surface area contributed by atoms with Crippen LogP contribution < -0.4 is 5.32 Å². The molecule has 86 valence electrons. The Labute approximate surface area is 105 Å². The Kier molecular flexibility index (Phi) is 2.54. The van der Waals surface area contributed by atoms with Crippen molar-refractivity contribution in [2.45, 2.75) is 12.6 Å². The fraction of sp³-hybridized carbons (Fsp3) is 0.143. The molecule has 0 aromatic heterocycles. The molecule has 0 fully saturated rings. The number of fused-ring (bicyclic) bond motifs is 1. The Hall–Kier alpha value is -1.51. The number of aromatic hydroxyl groups is 1. The second-order valence-corrected chi connectivity index (χ2v) is 4.65. The highest BCUT2D eigenvalue weighted by Crippen LogP contribution is 2.35. The number of phenols is 1. The highest BCUT2D eigenvalue weighted by Gasteiger charge is 2.25. The first-order valence-electron chi connectivity index (χ1n) is 5.55. The van der Waals surface area contributed by atoms with E-state index in [2.05, 4.69) is 5.32 Å². The molecule has 2 N–H and O–H groups in total. The Morgan fingerprint density at radius 3 is 2.82 bits per heavy atom. The molecule has 1 heterocycles. The number of hydrogen-bond donors (Lipinski definition) is 2. The van der Waals surface area contributed by atoms with Gasteiger partial charge in [-0.3, -0.25) is 0 Å². The van der Waals surface area contributed by atoms with Crippen LogP contribution in [0.5, 0.6) is 5.75 Å². The standard InChI is InChI=1S/C14H12ClNO/c15-10-4-1-3-9(7-10)14-11-5-2-6-13(17)12(11)8-16-14/h1-7,14,16-17H,8H2. The summed E-state index contributed by atoms with van der Waals surface area (Å²) in [7, 11) is 0. The quantitative estimate of drug-likeness (QED) is 0.809. The molecular weight excluding hydrogens is 234 g/mol. The molecular formula is C14H12ClNO. The predicted octanol–water partition coefficient (Wildman–Crippen LogP) is 3.24. The van der Waals surface area contributed by atoms with Gasteiger partial charge in [-0.2, -0.15) is 0 Å². The fourth-order valence-electron chi connectivity index (χ4n) is 2.35. The van der Waals surface area contributed by atoms with E-state index in [0.29, 0.717) is 12.3 Å². The van der Waals surface area contributed by atoms with Crippen LogP contribution in [-0.4, -0.2) is 5.11 Å². The van der Waals surface area contributed by atoms with Crippen molar-refractivity contribution in [3.63, 3.8) is 0 Å². The van der Waals surface area contributed by atoms with Crippen molar-refractivity contribution < 1.29 is 5.11 Å². The molecule has 1 unspecified atom stereocenters. The molecule has 0 spiro atoms. The molecule has 1 aliphatic heterocycles. The molecule has 0 radical (unpaired) electrons. The minimum atomic E-state index is 0.121. The van der Waals surface area contributed by atoms with Crippen molar-refractivity contribution >= 4 is 11.6 Å². The number of hydrogen-bond acceptors (Lipinski definition) is 2. The third-order valence-electron chi connectivity index (χ3n) is 3.16. The Morgan fingerprint density at radius 2 is 2.00 bits per heavy atom. The lowest BCUT2D eigenvalue weighted by molar-refractivity contribution is 0.468. The third-order valence-corrected chi connectivity index (χ3v) is 3.40. The molecule has 3 heteroatoms. The molecule has 1 atom stereocenters. The lowest BCUT2D eigenvalue weighted by atomic mass is 9.98. The van der Waals surface area contributed by atoms with Crippen LogP contribution >= 0.6 is 11.6 Å². The zero-order valence-electron chi connectivity index (χ0n) is 9.15. The molecule has 2 aromatic carbocycles. The van der Waals surface area contributed by atoms with Crippen molar-refractivity contribution in [3.8, 4) is 5.75 Å². The van der Waals surface area contributed by atoms with Gasteiger partial charge >= 0.3 is 0 Å². The van der Waals surface area contributed by atoms with Gasteiger partial charge in [-0.1, -0.05) is 35.9 Å². The van der Waals surface area contributed by atoms with Crippen molar-refractivity contribution in [1.82, 2.24) is 5.32 Å². The second-order valence-electron chi connectivity index (χ2n) is 4.21. The number of nitrogens with one attached hydrogen (secondary N) is 1. The summed E-state index contributed by atoms with van der Waals surface area (Å²) in [4.78, 5) is 0. The van der Waals surface area contributed by atoms with E-state index in [4.69, 9.17) is 11.6 Å². The summed E-state index contributed by atoms with van der Waals surface area (Å²) in [6.07, 6.45) is 0. The predicted molar refractivity (Wildman–Crippen MR) is 68.2 cm³/mol. The van der Waals surface area contributed by atoms with Crippen LogP contribution in [0.4, 0.5) is 0 Å². The monoisotopic (exact) mass is 245 g/mol. The normalized spacial score (nSPS) is 18.1. The highest BCUT2D eigenvalue weighted by molar-refractivity contribution is 6.30. The van der Waals surface area contributed by atoms with Crippen molar-refractivity contribution in [2.24, 2.45) is 0 Å². The number of halogens is 1. The Balaban J connectivity index is 2.07. The molecule has 2 nitrogen and oxygen atoms in total. The van der Waals surface area contributed by atoms with Crippen LogP contribution in [0.15, 0.2) is 42.5 Å². The van der Waals surface area contributed by atoms with Gasteiger partial charge in [-0.15, -0.1) is 0 Å². The van der Waals surface area contributed by atoms with Gasteiger partial charge in [0, 0.05) is 17.1 Å². The molecule has 0 bridgehead atoms. The lowest BCUT2D eigenvalue weighted by Crippen LogP contribution is -2.13. The zero-order valence-corrected chi connectivity index (χ0v) is 9.91. The summed E-state index contributed by atoms with van der Waals surface area (Å²) in [5.74, 6) is 0.361. The summed E-state index contributed by atoms with van der Waals surface area (Å²) in [5.41, 5.74) is 3.24. The van der Waals surface area contributed by atoms with E-state index in [-0.39, 0.29) is 6.04 Å². The molecule has 0 aliphatic carbocycles. The van der Waals surface area contributed by atoms with E-state index >= 15 is 0 Å². The molecule has 3 rings (SSSR count). The van der Waals surface area contributed by atoms with Crippen molar-refractivity contribution in [1.29, 1.82) is 0 Å². The van der Waals surface area contributed by atoms with Crippen LogP contribution in [0.2, 0.25) is 5.02 Å². The smallest absolute Gasteiger partial charge is 0.120 e. The molecule has 0 amide bonds. The van der Waals surface area contributed by atoms with Gasteiger partial charge in [-0.05, 0) is 29.3 Å². The summed E-state index contributed by atoms with van der Waals surface area (Å²) in [6.45, 7) is 0.694. The van der Waals surface area contributed by atoms with E-state index in [1.807, 2.05) is 36.4 Å². The third kappa shape index (κ3) is 1.79. The van der Waals surface area contributed by atoms with Gasteiger partial charge in [-0.25, -0.2) is 0 Å². The average Bonchev–Trinajstić information content (AvgIpc) is 2.74. The second kappa shape index (κ2) is 4.06.